The standard InChI is InChI=1S/C21H18O4/c1-15-11-18(25-17-5-3-2-4-6-17)8-10-19(15)22-13-16-7-9-20-21(12-16)24-14-23-20/h2-12H,13-14H2,1H3. The molecular formula is C21H18O4. The van der Waals surface area contributed by atoms with Gasteiger partial charge in [0.1, 0.15) is 23.9 Å². The normalized spacial score (nSPS) is 12.0. The molecule has 25 heavy (non-hydrogen) atoms. The van der Waals surface area contributed by atoms with Crippen molar-refractivity contribution in [3.63, 3.8) is 0 Å². The van der Waals surface area contributed by atoms with Gasteiger partial charge in [0.2, 0.25) is 6.79 Å². The molecule has 0 aliphatic carbocycles. The van der Waals surface area contributed by atoms with E-state index in [1.54, 1.807) is 0 Å². The third kappa shape index (κ3) is 3.53. The van der Waals surface area contributed by atoms with Gasteiger partial charge >= 0.3 is 0 Å². The molecule has 1 aliphatic heterocycles. The van der Waals surface area contributed by atoms with Crippen LogP contribution in [0.3, 0.4) is 0 Å². The van der Waals surface area contributed by atoms with E-state index in [2.05, 4.69) is 0 Å². The summed E-state index contributed by atoms with van der Waals surface area (Å²) in [6.07, 6.45) is 0. The number of fused-ring (bicyclic) bond motifs is 1. The van der Waals surface area contributed by atoms with Gasteiger partial charge in [0.15, 0.2) is 11.5 Å². The van der Waals surface area contributed by atoms with E-state index >= 15 is 0 Å². The van der Waals surface area contributed by atoms with Gasteiger partial charge < -0.3 is 18.9 Å². The second kappa shape index (κ2) is 6.77. The van der Waals surface area contributed by atoms with E-state index in [-0.39, 0.29) is 6.79 Å². The first-order valence-corrected chi connectivity index (χ1v) is 8.13. The van der Waals surface area contributed by atoms with E-state index in [1.807, 2.05) is 73.7 Å². The molecule has 3 aromatic rings. The van der Waals surface area contributed by atoms with E-state index in [9.17, 15) is 0 Å². The SMILES string of the molecule is Cc1cc(Oc2ccccc2)ccc1OCc1ccc2c(c1)OCO2. The van der Waals surface area contributed by atoms with E-state index in [4.69, 9.17) is 18.9 Å². The second-order valence-corrected chi connectivity index (χ2v) is 5.82. The summed E-state index contributed by atoms with van der Waals surface area (Å²) in [4.78, 5) is 0. The highest BCUT2D eigenvalue weighted by molar-refractivity contribution is 5.45. The lowest BCUT2D eigenvalue weighted by Crippen LogP contribution is -1.97. The Labute approximate surface area is 146 Å². The zero-order chi connectivity index (χ0) is 17.1. The summed E-state index contributed by atoms with van der Waals surface area (Å²) >= 11 is 0. The van der Waals surface area contributed by atoms with Crippen molar-refractivity contribution in [3.8, 4) is 28.7 Å². The van der Waals surface area contributed by atoms with Gasteiger partial charge in [-0.1, -0.05) is 24.3 Å². The molecule has 3 aromatic carbocycles. The Morgan fingerprint density at radius 2 is 1.68 bits per heavy atom. The molecule has 4 heteroatoms. The molecule has 0 N–H and O–H groups in total. The minimum absolute atomic E-state index is 0.279. The number of aryl methyl sites for hydroxylation is 1. The Bertz CT molecular complexity index is 874. The Morgan fingerprint density at radius 3 is 2.52 bits per heavy atom. The average Bonchev–Trinajstić information content (AvgIpc) is 3.10. The molecule has 0 bridgehead atoms. The second-order valence-electron chi connectivity index (χ2n) is 5.82. The number of para-hydroxylation sites is 1. The summed E-state index contributed by atoms with van der Waals surface area (Å²) in [6, 6.07) is 21.4. The summed E-state index contributed by atoms with van der Waals surface area (Å²) < 4.78 is 22.5. The molecule has 0 spiro atoms. The van der Waals surface area contributed by atoms with Crippen LogP contribution in [0.25, 0.3) is 0 Å². The largest absolute Gasteiger partial charge is 0.489 e. The zero-order valence-corrected chi connectivity index (χ0v) is 13.9. The fourth-order valence-corrected chi connectivity index (χ4v) is 2.66. The van der Waals surface area contributed by atoms with E-state index < -0.39 is 0 Å². The van der Waals surface area contributed by atoms with E-state index in [0.29, 0.717) is 6.61 Å². The lowest BCUT2D eigenvalue weighted by molar-refractivity contribution is 0.174. The molecule has 126 valence electrons. The summed E-state index contributed by atoms with van der Waals surface area (Å²) in [5.74, 6) is 3.99. The number of ether oxygens (including phenoxy) is 4. The van der Waals surface area contributed by atoms with E-state index in [0.717, 1.165) is 39.9 Å². The van der Waals surface area contributed by atoms with Crippen LogP contribution in [0.15, 0.2) is 66.7 Å². The van der Waals surface area contributed by atoms with Gasteiger partial charge in [-0.15, -0.1) is 0 Å². The quantitative estimate of drug-likeness (QED) is 0.651. The molecule has 0 saturated carbocycles. The van der Waals surface area contributed by atoms with Crippen LogP contribution in [0.5, 0.6) is 28.7 Å². The molecule has 0 atom stereocenters. The Kier molecular flexibility index (Phi) is 4.17. The summed E-state index contributed by atoms with van der Waals surface area (Å²) in [5.41, 5.74) is 2.06. The van der Waals surface area contributed by atoms with Crippen LogP contribution in [0, 0.1) is 6.92 Å². The maximum Gasteiger partial charge on any atom is 0.231 e. The minimum atomic E-state index is 0.279. The molecule has 0 unspecified atom stereocenters. The molecule has 0 amide bonds. The van der Waals surface area contributed by atoms with Gasteiger partial charge in [0.05, 0.1) is 0 Å². The first-order chi connectivity index (χ1) is 12.3. The van der Waals surface area contributed by atoms with Gasteiger partial charge in [-0.2, -0.15) is 0 Å². The number of benzene rings is 3. The minimum Gasteiger partial charge on any atom is -0.489 e. The molecule has 0 saturated heterocycles. The number of rotatable bonds is 5. The van der Waals surface area contributed by atoms with Crippen molar-refractivity contribution in [1.82, 2.24) is 0 Å². The van der Waals surface area contributed by atoms with Crippen LogP contribution in [0.4, 0.5) is 0 Å². The van der Waals surface area contributed by atoms with Crippen molar-refractivity contribution >= 4 is 0 Å². The summed E-state index contributed by atoms with van der Waals surface area (Å²) in [5, 5.41) is 0. The van der Waals surface area contributed by atoms with Crippen LogP contribution in [-0.4, -0.2) is 6.79 Å². The molecule has 1 heterocycles. The van der Waals surface area contributed by atoms with Crippen molar-refractivity contribution in [3.05, 3.63) is 77.9 Å². The molecule has 0 fully saturated rings. The van der Waals surface area contributed by atoms with Crippen molar-refractivity contribution in [1.29, 1.82) is 0 Å². The lowest BCUT2D eigenvalue weighted by Gasteiger charge is -2.12. The maximum atomic E-state index is 5.94. The fraction of sp³-hybridized carbons (Fsp3) is 0.143. The van der Waals surface area contributed by atoms with Crippen molar-refractivity contribution in [2.75, 3.05) is 6.79 Å². The Hall–Kier alpha value is -3.14. The van der Waals surface area contributed by atoms with Gasteiger partial charge in [0, 0.05) is 0 Å². The zero-order valence-electron chi connectivity index (χ0n) is 13.9. The van der Waals surface area contributed by atoms with E-state index in [1.165, 1.54) is 0 Å². The van der Waals surface area contributed by atoms with Gasteiger partial charge in [-0.3, -0.25) is 0 Å². The number of hydrogen-bond donors (Lipinski definition) is 0. The van der Waals surface area contributed by atoms with Crippen LogP contribution in [0.2, 0.25) is 0 Å². The Balaban J connectivity index is 1.42. The molecule has 0 radical (unpaired) electrons. The van der Waals surface area contributed by atoms with Crippen LogP contribution in [0.1, 0.15) is 11.1 Å². The molecule has 1 aliphatic rings. The van der Waals surface area contributed by atoms with Crippen molar-refractivity contribution in [2.24, 2.45) is 0 Å². The van der Waals surface area contributed by atoms with Crippen molar-refractivity contribution in [2.45, 2.75) is 13.5 Å². The predicted molar refractivity (Wildman–Crippen MR) is 94.6 cm³/mol. The number of hydrogen-bond acceptors (Lipinski definition) is 4. The maximum absolute atomic E-state index is 5.94. The average molecular weight is 334 g/mol. The van der Waals surface area contributed by atoms with Gasteiger partial charge in [-0.05, 0) is 60.5 Å². The third-order valence-corrected chi connectivity index (χ3v) is 3.96. The molecule has 0 aromatic heterocycles. The predicted octanol–water partition coefficient (Wildman–Crippen LogP) is 5.10. The van der Waals surface area contributed by atoms with Gasteiger partial charge in [-0.25, -0.2) is 0 Å². The Morgan fingerprint density at radius 1 is 0.840 bits per heavy atom. The monoisotopic (exact) mass is 334 g/mol. The summed E-state index contributed by atoms with van der Waals surface area (Å²) in [6.45, 7) is 2.75. The van der Waals surface area contributed by atoms with Crippen molar-refractivity contribution < 1.29 is 18.9 Å². The van der Waals surface area contributed by atoms with Crippen LogP contribution >= 0.6 is 0 Å². The summed E-state index contributed by atoms with van der Waals surface area (Å²) in [7, 11) is 0. The first kappa shape index (κ1) is 15.4. The van der Waals surface area contributed by atoms with Gasteiger partial charge in [0.25, 0.3) is 0 Å². The molecular weight excluding hydrogens is 316 g/mol. The first-order valence-electron chi connectivity index (χ1n) is 8.13. The lowest BCUT2D eigenvalue weighted by atomic mass is 10.2. The highest BCUT2D eigenvalue weighted by atomic mass is 16.7. The molecule has 4 rings (SSSR count). The molecule has 4 nitrogen and oxygen atoms in total. The topological polar surface area (TPSA) is 36.9 Å². The third-order valence-electron chi connectivity index (χ3n) is 3.96. The smallest absolute Gasteiger partial charge is 0.231 e. The fourth-order valence-electron chi connectivity index (χ4n) is 2.66. The van der Waals surface area contributed by atoms with Crippen LogP contribution in [-0.2, 0) is 6.61 Å². The highest BCUT2D eigenvalue weighted by Crippen LogP contribution is 2.33. The highest BCUT2D eigenvalue weighted by Gasteiger charge is 2.13. The van der Waals surface area contributed by atoms with Crippen LogP contribution < -0.4 is 18.9 Å².